The number of aromatic hydroxyl groups is 2. The molecule has 2 aromatic rings. The number of phenolic OH excluding ortho intramolecular Hbond substituents is 2. The average molecular weight is 308 g/mol. The van der Waals surface area contributed by atoms with E-state index in [1.165, 1.54) is 18.2 Å². The van der Waals surface area contributed by atoms with Gasteiger partial charge in [-0.15, -0.1) is 0 Å². The van der Waals surface area contributed by atoms with Crippen molar-refractivity contribution in [3.8, 4) is 17.6 Å². The molecule has 0 saturated carbocycles. The number of fused-ring (bicyclic) bond motifs is 2. The first-order chi connectivity index (χ1) is 11.1. The SMILES string of the molecule is N#CCCNc1cc(O)c2c(c1O)C(=O)c1ccccc1C2=O. The first-order valence-electron chi connectivity index (χ1n) is 6.94. The molecule has 0 bridgehead atoms. The predicted octanol–water partition coefficient (Wildman–Crippen LogP) is 2.20. The van der Waals surface area contributed by atoms with Crippen LogP contribution < -0.4 is 5.32 Å². The highest BCUT2D eigenvalue weighted by Gasteiger charge is 2.35. The molecule has 3 N–H and O–H groups in total. The van der Waals surface area contributed by atoms with Gasteiger partial charge in [-0.3, -0.25) is 9.59 Å². The highest BCUT2D eigenvalue weighted by atomic mass is 16.3. The lowest BCUT2D eigenvalue weighted by Crippen LogP contribution is -2.21. The van der Waals surface area contributed by atoms with Crippen molar-refractivity contribution >= 4 is 17.3 Å². The molecule has 0 fully saturated rings. The molecule has 6 nitrogen and oxygen atoms in total. The van der Waals surface area contributed by atoms with Crippen LogP contribution in [0.1, 0.15) is 38.3 Å². The Morgan fingerprint density at radius 2 is 1.65 bits per heavy atom. The number of carbonyl (C=O) groups is 2. The van der Waals surface area contributed by atoms with E-state index in [0.717, 1.165) is 0 Å². The summed E-state index contributed by atoms with van der Waals surface area (Å²) in [5.41, 5.74) is 0.0842. The number of hydrogen-bond acceptors (Lipinski definition) is 6. The van der Waals surface area contributed by atoms with Gasteiger partial charge < -0.3 is 15.5 Å². The number of carbonyl (C=O) groups excluding carboxylic acids is 2. The van der Waals surface area contributed by atoms with Gasteiger partial charge in [0, 0.05) is 23.7 Å². The number of phenols is 2. The molecule has 0 amide bonds. The maximum Gasteiger partial charge on any atom is 0.198 e. The van der Waals surface area contributed by atoms with E-state index in [0.29, 0.717) is 0 Å². The molecule has 0 unspecified atom stereocenters. The number of benzene rings is 2. The Labute approximate surface area is 131 Å². The molecule has 0 heterocycles. The van der Waals surface area contributed by atoms with Crippen molar-refractivity contribution in [2.75, 3.05) is 11.9 Å². The zero-order chi connectivity index (χ0) is 16.6. The van der Waals surface area contributed by atoms with Crippen LogP contribution >= 0.6 is 0 Å². The van der Waals surface area contributed by atoms with Gasteiger partial charge in [0.05, 0.1) is 29.3 Å². The summed E-state index contributed by atoms with van der Waals surface area (Å²) in [4.78, 5) is 25.1. The van der Waals surface area contributed by atoms with Gasteiger partial charge in [0.15, 0.2) is 17.3 Å². The van der Waals surface area contributed by atoms with Crippen molar-refractivity contribution < 1.29 is 19.8 Å². The lowest BCUT2D eigenvalue weighted by Gasteiger charge is -2.21. The van der Waals surface area contributed by atoms with Crippen LogP contribution in [0.25, 0.3) is 0 Å². The molecule has 23 heavy (non-hydrogen) atoms. The maximum absolute atomic E-state index is 12.6. The van der Waals surface area contributed by atoms with Crippen LogP contribution in [-0.4, -0.2) is 28.3 Å². The zero-order valence-corrected chi connectivity index (χ0v) is 12.0. The molecular formula is C17H12N2O4. The Hall–Kier alpha value is -3.33. The Bertz CT molecular complexity index is 881. The van der Waals surface area contributed by atoms with Gasteiger partial charge in [0.2, 0.25) is 0 Å². The van der Waals surface area contributed by atoms with Crippen molar-refractivity contribution in [3.05, 3.63) is 52.6 Å². The number of ketones is 2. The number of nitriles is 1. The van der Waals surface area contributed by atoms with Crippen LogP contribution in [0.15, 0.2) is 30.3 Å². The zero-order valence-electron chi connectivity index (χ0n) is 12.0. The average Bonchev–Trinajstić information content (AvgIpc) is 2.55. The lowest BCUT2D eigenvalue weighted by molar-refractivity contribution is 0.0974. The molecular weight excluding hydrogens is 296 g/mol. The second-order valence-corrected chi connectivity index (χ2v) is 5.08. The Kier molecular flexibility index (Phi) is 3.47. The van der Waals surface area contributed by atoms with E-state index >= 15 is 0 Å². The Morgan fingerprint density at radius 3 is 2.26 bits per heavy atom. The van der Waals surface area contributed by atoms with Crippen molar-refractivity contribution in [3.63, 3.8) is 0 Å². The quantitative estimate of drug-likeness (QED) is 0.388. The van der Waals surface area contributed by atoms with E-state index in [9.17, 15) is 19.8 Å². The minimum absolute atomic E-state index is 0.108. The molecule has 0 atom stereocenters. The fraction of sp³-hybridized carbons (Fsp3) is 0.118. The molecule has 114 valence electrons. The summed E-state index contributed by atoms with van der Waals surface area (Å²) >= 11 is 0. The monoisotopic (exact) mass is 308 g/mol. The maximum atomic E-state index is 12.6. The third-order valence-corrected chi connectivity index (χ3v) is 3.70. The smallest absolute Gasteiger partial charge is 0.198 e. The molecule has 0 saturated heterocycles. The van der Waals surface area contributed by atoms with Gasteiger partial charge in [0.1, 0.15) is 5.75 Å². The first-order valence-corrected chi connectivity index (χ1v) is 6.94. The molecule has 3 rings (SSSR count). The summed E-state index contributed by atoms with van der Waals surface area (Å²) in [5.74, 6) is -1.81. The Balaban J connectivity index is 2.17. The molecule has 0 radical (unpaired) electrons. The van der Waals surface area contributed by atoms with Crippen LogP contribution in [0.2, 0.25) is 0 Å². The second kappa shape index (κ2) is 5.46. The van der Waals surface area contributed by atoms with Crippen molar-refractivity contribution in [1.29, 1.82) is 5.26 Å². The predicted molar refractivity (Wildman–Crippen MR) is 81.8 cm³/mol. The number of nitrogens with one attached hydrogen (secondary N) is 1. The van der Waals surface area contributed by atoms with Crippen molar-refractivity contribution in [2.45, 2.75) is 6.42 Å². The first kappa shape index (κ1) is 14.6. The van der Waals surface area contributed by atoms with Crippen LogP contribution in [0.5, 0.6) is 11.5 Å². The number of hydrogen-bond donors (Lipinski definition) is 3. The van der Waals surface area contributed by atoms with Crippen LogP contribution in [0.4, 0.5) is 5.69 Å². The van der Waals surface area contributed by atoms with E-state index in [1.54, 1.807) is 12.1 Å². The van der Waals surface area contributed by atoms with Gasteiger partial charge in [0.25, 0.3) is 0 Å². The summed E-state index contributed by atoms with van der Waals surface area (Å²) < 4.78 is 0. The minimum atomic E-state index is -0.521. The molecule has 1 aliphatic carbocycles. The van der Waals surface area contributed by atoms with Crippen LogP contribution in [0, 0.1) is 11.3 Å². The summed E-state index contributed by atoms with van der Waals surface area (Å²) in [5, 5.41) is 31.8. The fourth-order valence-corrected chi connectivity index (χ4v) is 2.65. The summed E-state index contributed by atoms with van der Waals surface area (Å²) in [7, 11) is 0. The number of nitrogens with zero attached hydrogens (tertiary/aromatic N) is 1. The molecule has 0 aliphatic heterocycles. The largest absolute Gasteiger partial charge is 0.507 e. The lowest BCUT2D eigenvalue weighted by atomic mass is 9.82. The molecule has 2 aromatic carbocycles. The summed E-state index contributed by atoms with van der Waals surface area (Å²) in [6.07, 6.45) is 0.187. The van der Waals surface area contributed by atoms with E-state index in [-0.39, 0.29) is 46.7 Å². The van der Waals surface area contributed by atoms with Crippen molar-refractivity contribution in [2.24, 2.45) is 0 Å². The standard InChI is InChI=1S/C17H12N2O4/c18-6-3-7-19-11-8-12(20)13-14(17(11)23)16(22)10-5-2-1-4-9(10)15(13)21/h1-2,4-5,8,19-20,23H,3,7H2. The third kappa shape index (κ3) is 2.19. The highest BCUT2D eigenvalue weighted by Crippen LogP contribution is 2.42. The van der Waals surface area contributed by atoms with E-state index in [1.807, 2.05) is 6.07 Å². The van der Waals surface area contributed by atoms with Crippen LogP contribution in [0.3, 0.4) is 0 Å². The van der Waals surface area contributed by atoms with E-state index < -0.39 is 17.3 Å². The van der Waals surface area contributed by atoms with Gasteiger partial charge in [-0.25, -0.2) is 0 Å². The van der Waals surface area contributed by atoms with Gasteiger partial charge in [-0.05, 0) is 0 Å². The fourth-order valence-electron chi connectivity index (χ4n) is 2.65. The number of rotatable bonds is 3. The van der Waals surface area contributed by atoms with Gasteiger partial charge >= 0.3 is 0 Å². The van der Waals surface area contributed by atoms with Crippen molar-refractivity contribution in [1.82, 2.24) is 0 Å². The Morgan fingerprint density at radius 1 is 1.04 bits per heavy atom. The summed E-state index contributed by atoms with van der Waals surface area (Å²) in [6, 6.07) is 9.39. The molecule has 0 aromatic heterocycles. The molecule has 1 aliphatic rings. The van der Waals surface area contributed by atoms with Gasteiger partial charge in [-0.1, -0.05) is 24.3 Å². The third-order valence-electron chi connectivity index (χ3n) is 3.70. The highest BCUT2D eigenvalue weighted by molar-refractivity contribution is 6.30. The molecule has 0 spiro atoms. The molecule has 6 heteroatoms. The topological polar surface area (TPSA) is 110 Å². The van der Waals surface area contributed by atoms with Crippen LogP contribution in [-0.2, 0) is 0 Å². The van der Waals surface area contributed by atoms with E-state index in [4.69, 9.17) is 5.26 Å². The summed E-state index contributed by atoms with van der Waals surface area (Å²) in [6.45, 7) is 0.237. The van der Waals surface area contributed by atoms with Gasteiger partial charge in [-0.2, -0.15) is 5.26 Å². The second-order valence-electron chi connectivity index (χ2n) is 5.08. The normalized spacial score (nSPS) is 12.3. The number of anilines is 1. The minimum Gasteiger partial charge on any atom is -0.507 e. The van der Waals surface area contributed by atoms with E-state index in [2.05, 4.69) is 5.32 Å².